The minimum absolute atomic E-state index is 0.0718. The molecule has 2 aromatic carbocycles. The van der Waals surface area contributed by atoms with Gasteiger partial charge in [-0.25, -0.2) is 4.39 Å². The Balaban J connectivity index is 1.71. The molecule has 176 valence electrons. The fraction of sp³-hybridized carbons (Fsp3) is 0.478. The fourth-order valence-electron chi connectivity index (χ4n) is 3.79. The average molecular weight is 473 g/mol. The van der Waals surface area contributed by atoms with Crippen molar-refractivity contribution in [1.82, 2.24) is 9.80 Å². The van der Waals surface area contributed by atoms with Gasteiger partial charge in [-0.2, -0.15) is 13.2 Å². The number of halogens is 5. The second kappa shape index (κ2) is 10.3. The van der Waals surface area contributed by atoms with Gasteiger partial charge in [0, 0.05) is 64.2 Å². The summed E-state index contributed by atoms with van der Waals surface area (Å²) in [6, 6.07) is 9.05. The van der Waals surface area contributed by atoms with Crippen molar-refractivity contribution in [3.05, 3.63) is 58.4 Å². The molecule has 4 nitrogen and oxygen atoms in total. The third-order valence-electron chi connectivity index (χ3n) is 5.75. The number of piperazine rings is 1. The highest BCUT2D eigenvalue weighted by Crippen LogP contribution is 2.35. The third-order valence-corrected chi connectivity index (χ3v) is 6.06. The summed E-state index contributed by atoms with van der Waals surface area (Å²) in [7, 11) is 5.81. The van der Waals surface area contributed by atoms with E-state index in [4.69, 9.17) is 11.6 Å². The van der Waals surface area contributed by atoms with E-state index in [9.17, 15) is 17.6 Å². The van der Waals surface area contributed by atoms with Gasteiger partial charge in [0.05, 0.1) is 10.6 Å². The van der Waals surface area contributed by atoms with Gasteiger partial charge >= 0.3 is 6.18 Å². The smallest absolute Gasteiger partial charge is 0.373 e. The van der Waals surface area contributed by atoms with Crippen LogP contribution in [-0.2, 0) is 12.7 Å². The highest BCUT2D eigenvalue weighted by molar-refractivity contribution is 6.30. The molecule has 1 fully saturated rings. The van der Waals surface area contributed by atoms with Crippen LogP contribution in [0.4, 0.5) is 28.9 Å². The Labute approximate surface area is 192 Å². The molecule has 0 aromatic heterocycles. The van der Waals surface area contributed by atoms with E-state index < -0.39 is 17.6 Å². The number of alkyl halides is 3. The van der Waals surface area contributed by atoms with E-state index in [1.807, 2.05) is 40.7 Å². The number of hydrogen-bond acceptors (Lipinski definition) is 4. The molecule has 0 saturated carbocycles. The molecule has 0 amide bonds. The average Bonchev–Trinajstić information content (AvgIpc) is 2.73. The minimum Gasteiger partial charge on any atom is -0.373 e. The minimum atomic E-state index is -4.40. The predicted molar refractivity (Wildman–Crippen MR) is 122 cm³/mol. The van der Waals surface area contributed by atoms with Crippen molar-refractivity contribution in [2.75, 3.05) is 70.2 Å². The van der Waals surface area contributed by atoms with Crippen molar-refractivity contribution in [1.29, 1.82) is 0 Å². The molecule has 1 aliphatic heterocycles. The van der Waals surface area contributed by atoms with Crippen molar-refractivity contribution in [3.63, 3.8) is 0 Å². The standard InChI is InChI=1S/C23H29ClF4N4/c1-29(2)8-9-30(3)18-4-6-20(23(26,27)28)17(14-18)16-31-10-12-32(13-11-31)19-5-7-21(24)22(25)15-19/h4-7,14-15H,8-13,16H2,1-3H3. The fourth-order valence-corrected chi connectivity index (χ4v) is 3.91. The lowest BCUT2D eigenvalue weighted by Gasteiger charge is -2.36. The van der Waals surface area contributed by atoms with Crippen LogP contribution in [0.25, 0.3) is 0 Å². The molecule has 0 bridgehead atoms. The lowest BCUT2D eigenvalue weighted by Crippen LogP contribution is -2.46. The normalized spacial score (nSPS) is 15.5. The molecular formula is C23H29ClF4N4. The molecule has 0 unspecified atom stereocenters. The molecule has 3 rings (SSSR count). The lowest BCUT2D eigenvalue weighted by molar-refractivity contribution is -0.138. The summed E-state index contributed by atoms with van der Waals surface area (Å²) in [6.07, 6.45) is -4.40. The highest BCUT2D eigenvalue weighted by atomic mass is 35.5. The van der Waals surface area contributed by atoms with Crippen molar-refractivity contribution >= 4 is 23.0 Å². The molecule has 1 saturated heterocycles. The molecule has 1 heterocycles. The first-order chi connectivity index (χ1) is 15.0. The maximum Gasteiger partial charge on any atom is 0.416 e. The summed E-state index contributed by atoms with van der Waals surface area (Å²) in [6.45, 7) is 4.11. The van der Waals surface area contributed by atoms with Crippen LogP contribution in [0.5, 0.6) is 0 Å². The van der Waals surface area contributed by atoms with Gasteiger partial charge in [-0.1, -0.05) is 11.6 Å². The zero-order valence-electron chi connectivity index (χ0n) is 18.6. The molecule has 9 heteroatoms. The van der Waals surface area contributed by atoms with Gasteiger partial charge in [-0.15, -0.1) is 0 Å². The van der Waals surface area contributed by atoms with Gasteiger partial charge in [0.2, 0.25) is 0 Å². The second-order valence-electron chi connectivity index (χ2n) is 8.43. The molecule has 0 radical (unpaired) electrons. The van der Waals surface area contributed by atoms with Gasteiger partial charge in [-0.05, 0) is 56.1 Å². The van der Waals surface area contributed by atoms with E-state index in [0.29, 0.717) is 32.7 Å². The van der Waals surface area contributed by atoms with Crippen LogP contribution in [0.2, 0.25) is 5.02 Å². The summed E-state index contributed by atoms with van der Waals surface area (Å²) in [5.74, 6) is -0.475. The summed E-state index contributed by atoms with van der Waals surface area (Å²) >= 11 is 5.76. The molecular weight excluding hydrogens is 444 g/mol. The van der Waals surface area contributed by atoms with Crippen LogP contribution in [0.15, 0.2) is 36.4 Å². The first-order valence-corrected chi connectivity index (χ1v) is 10.9. The molecule has 1 aliphatic rings. The maximum absolute atomic E-state index is 13.8. The Morgan fingerprint density at radius 2 is 1.62 bits per heavy atom. The number of anilines is 2. The Hall–Kier alpha value is -2.03. The van der Waals surface area contributed by atoms with E-state index in [1.54, 1.807) is 12.1 Å². The van der Waals surface area contributed by atoms with E-state index in [-0.39, 0.29) is 17.1 Å². The number of nitrogens with zero attached hydrogens (tertiary/aromatic N) is 4. The Kier molecular flexibility index (Phi) is 7.90. The van der Waals surface area contributed by atoms with Gasteiger partial charge in [-0.3, -0.25) is 4.90 Å². The van der Waals surface area contributed by atoms with Crippen LogP contribution in [-0.4, -0.2) is 70.2 Å². The highest BCUT2D eigenvalue weighted by Gasteiger charge is 2.34. The van der Waals surface area contributed by atoms with Crippen molar-refractivity contribution < 1.29 is 17.6 Å². The molecule has 32 heavy (non-hydrogen) atoms. The van der Waals surface area contributed by atoms with Crippen LogP contribution in [0.3, 0.4) is 0 Å². The van der Waals surface area contributed by atoms with E-state index >= 15 is 0 Å². The zero-order chi connectivity index (χ0) is 23.5. The SMILES string of the molecule is CN(C)CCN(C)c1ccc(C(F)(F)F)c(CN2CCN(c3ccc(Cl)c(F)c3)CC2)c1. The van der Waals surface area contributed by atoms with Crippen molar-refractivity contribution in [3.8, 4) is 0 Å². The first kappa shape index (κ1) is 24.6. The van der Waals surface area contributed by atoms with Crippen LogP contribution in [0.1, 0.15) is 11.1 Å². The predicted octanol–water partition coefficient (Wildman–Crippen LogP) is 4.82. The Morgan fingerprint density at radius 1 is 0.938 bits per heavy atom. The van der Waals surface area contributed by atoms with E-state index in [1.165, 1.54) is 24.3 Å². The number of benzene rings is 2. The van der Waals surface area contributed by atoms with Crippen LogP contribution < -0.4 is 9.80 Å². The maximum atomic E-state index is 13.8. The molecule has 0 spiro atoms. The van der Waals surface area contributed by atoms with E-state index in [0.717, 1.165) is 17.9 Å². The first-order valence-electron chi connectivity index (χ1n) is 10.5. The van der Waals surface area contributed by atoms with Gasteiger partial charge in [0.15, 0.2) is 0 Å². The van der Waals surface area contributed by atoms with Crippen LogP contribution >= 0.6 is 11.6 Å². The zero-order valence-corrected chi connectivity index (χ0v) is 19.3. The van der Waals surface area contributed by atoms with Crippen molar-refractivity contribution in [2.24, 2.45) is 0 Å². The van der Waals surface area contributed by atoms with Gasteiger partial charge < -0.3 is 14.7 Å². The quantitative estimate of drug-likeness (QED) is 0.536. The molecule has 0 N–H and O–H groups in total. The Bertz CT molecular complexity index is 911. The van der Waals surface area contributed by atoms with E-state index in [2.05, 4.69) is 0 Å². The number of rotatable bonds is 7. The molecule has 2 aromatic rings. The monoisotopic (exact) mass is 472 g/mol. The number of likely N-dealkylation sites (N-methyl/N-ethyl adjacent to an activating group) is 2. The van der Waals surface area contributed by atoms with Gasteiger partial charge in [0.1, 0.15) is 5.82 Å². The largest absolute Gasteiger partial charge is 0.416 e. The van der Waals surface area contributed by atoms with Gasteiger partial charge in [0.25, 0.3) is 0 Å². The summed E-state index contributed by atoms with van der Waals surface area (Å²) in [5, 5.41) is 0.0718. The Morgan fingerprint density at radius 3 is 2.22 bits per heavy atom. The summed E-state index contributed by atoms with van der Waals surface area (Å²) in [4.78, 5) is 8.03. The topological polar surface area (TPSA) is 13.0 Å². The second-order valence-corrected chi connectivity index (χ2v) is 8.83. The van der Waals surface area contributed by atoms with Crippen molar-refractivity contribution in [2.45, 2.75) is 12.7 Å². The van der Waals surface area contributed by atoms with Crippen LogP contribution in [0, 0.1) is 5.82 Å². The lowest BCUT2D eigenvalue weighted by atomic mass is 10.0. The summed E-state index contributed by atoms with van der Waals surface area (Å²) in [5.41, 5.74) is 1.18. The summed E-state index contributed by atoms with van der Waals surface area (Å²) < 4.78 is 54.7. The molecule has 0 aliphatic carbocycles. The third kappa shape index (κ3) is 6.27. The number of hydrogen-bond donors (Lipinski definition) is 0. The molecule has 0 atom stereocenters.